The Hall–Kier alpha value is -2.30. The summed E-state index contributed by atoms with van der Waals surface area (Å²) < 4.78 is 2.06. The molecule has 1 unspecified atom stereocenters. The van der Waals surface area contributed by atoms with E-state index in [1.807, 2.05) is 36.7 Å². The predicted molar refractivity (Wildman–Crippen MR) is 78.8 cm³/mol. The Balaban J connectivity index is 1.61. The van der Waals surface area contributed by atoms with Crippen LogP contribution in [0, 0.1) is 0 Å². The molecule has 1 aromatic carbocycles. The Bertz CT molecular complexity index is 667. The van der Waals surface area contributed by atoms with Gasteiger partial charge in [0.2, 0.25) is 5.95 Å². The predicted octanol–water partition coefficient (Wildman–Crippen LogP) is 2.60. The number of fused-ring (bicyclic) bond motifs is 1. The van der Waals surface area contributed by atoms with Gasteiger partial charge >= 0.3 is 0 Å². The van der Waals surface area contributed by atoms with E-state index >= 15 is 0 Å². The third-order valence-electron chi connectivity index (χ3n) is 3.97. The summed E-state index contributed by atoms with van der Waals surface area (Å²) in [6.07, 6.45) is 6.24. The minimum atomic E-state index is 0.437. The van der Waals surface area contributed by atoms with Crippen LogP contribution in [0.1, 0.15) is 18.9 Å². The first-order valence-electron chi connectivity index (χ1n) is 7.09. The van der Waals surface area contributed by atoms with Crippen LogP contribution in [-0.2, 0) is 0 Å². The molecule has 0 amide bonds. The largest absolute Gasteiger partial charge is 0.340 e. The topological polar surface area (TPSA) is 49.7 Å². The van der Waals surface area contributed by atoms with E-state index in [4.69, 9.17) is 4.98 Å². The fraction of sp³-hybridized carbons (Fsp3) is 0.333. The molecule has 0 aliphatic carbocycles. The average Bonchev–Trinajstić information content (AvgIpc) is 3.16. The number of nitrogens with zero attached hydrogens (tertiary/aromatic N) is 4. The van der Waals surface area contributed by atoms with Gasteiger partial charge in [-0.25, -0.2) is 4.98 Å². The lowest BCUT2D eigenvalue weighted by Gasteiger charge is -2.32. The molecule has 0 saturated carbocycles. The molecular formula is C15H17N5. The van der Waals surface area contributed by atoms with Gasteiger partial charge < -0.3 is 9.88 Å². The second kappa shape index (κ2) is 4.67. The number of nitrogens with one attached hydrogen (secondary N) is 1. The first-order chi connectivity index (χ1) is 9.90. The van der Waals surface area contributed by atoms with E-state index < -0.39 is 0 Å². The molecule has 4 rings (SSSR count). The lowest BCUT2D eigenvalue weighted by molar-refractivity contribution is 0.374. The molecule has 20 heavy (non-hydrogen) atoms. The van der Waals surface area contributed by atoms with Crippen molar-refractivity contribution in [2.75, 3.05) is 18.0 Å². The highest BCUT2D eigenvalue weighted by atomic mass is 15.3. The summed E-state index contributed by atoms with van der Waals surface area (Å²) in [5.74, 6) is 0.975. The summed E-state index contributed by atoms with van der Waals surface area (Å²) in [6.45, 7) is 2.01. The first kappa shape index (κ1) is 11.5. The molecule has 1 aliphatic rings. The van der Waals surface area contributed by atoms with Crippen LogP contribution in [0.3, 0.4) is 0 Å². The molecule has 0 radical (unpaired) electrons. The lowest BCUT2D eigenvalue weighted by Crippen LogP contribution is -2.37. The third kappa shape index (κ3) is 1.95. The quantitative estimate of drug-likeness (QED) is 0.776. The highest BCUT2D eigenvalue weighted by Crippen LogP contribution is 2.25. The number of anilines is 1. The summed E-state index contributed by atoms with van der Waals surface area (Å²) in [7, 11) is 0. The highest BCUT2D eigenvalue weighted by molar-refractivity contribution is 5.77. The number of H-pyrrole nitrogens is 1. The van der Waals surface area contributed by atoms with Crippen molar-refractivity contribution in [3.8, 4) is 0 Å². The number of imidazole rings is 1. The number of para-hydroxylation sites is 2. The van der Waals surface area contributed by atoms with E-state index in [0.717, 1.165) is 30.1 Å². The third-order valence-corrected chi connectivity index (χ3v) is 3.97. The van der Waals surface area contributed by atoms with E-state index in [2.05, 4.69) is 25.7 Å². The molecule has 3 aromatic rings. The molecule has 1 fully saturated rings. The van der Waals surface area contributed by atoms with Crippen molar-refractivity contribution >= 4 is 17.0 Å². The lowest BCUT2D eigenvalue weighted by atomic mass is 10.1. The van der Waals surface area contributed by atoms with E-state index in [1.54, 1.807) is 0 Å². The molecule has 2 aromatic heterocycles. The van der Waals surface area contributed by atoms with Crippen molar-refractivity contribution in [3.63, 3.8) is 0 Å². The fourth-order valence-electron chi connectivity index (χ4n) is 2.95. The number of rotatable bonds is 2. The molecular weight excluding hydrogens is 250 g/mol. The Morgan fingerprint density at radius 1 is 1.20 bits per heavy atom. The molecule has 1 atom stereocenters. The van der Waals surface area contributed by atoms with Crippen molar-refractivity contribution in [3.05, 3.63) is 42.7 Å². The van der Waals surface area contributed by atoms with E-state index in [1.165, 1.54) is 12.8 Å². The zero-order valence-electron chi connectivity index (χ0n) is 11.2. The van der Waals surface area contributed by atoms with Gasteiger partial charge in [-0.1, -0.05) is 12.1 Å². The van der Waals surface area contributed by atoms with Gasteiger partial charge in [0.05, 0.1) is 17.1 Å². The molecule has 0 spiro atoms. The normalized spacial score (nSPS) is 19.6. The monoisotopic (exact) mass is 267 g/mol. The smallest absolute Gasteiger partial charge is 0.203 e. The number of benzene rings is 1. The summed E-state index contributed by atoms with van der Waals surface area (Å²) in [4.78, 5) is 10.4. The zero-order chi connectivity index (χ0) is 13.4. The minimum absolute atomic E-state index is 0.437. The molecule has 5 nitrogen and oxygen atoms in total. The molecule has 1 saturated heterocycles. The molecule has 1 N–H and O–H groups in total. The van der Waals surface area contributed by atoms with Crippen LogP contribution < -0.4 is 4.90 Å². The average molecular weight is 267 g/mol. The number of piperidine rings is 1. The minimum Gasteiger partial charge on any atom is -0.340 e. The van der Waals surface area contributed by atoms with Crippen molar-refractivity contribution in [2.45, 2.75) is 18.9 Å². The molecule has 102 valence electrons. The van der Waals surface area contributed by atoms with Crippen LogP contribution >= 0.6 is 0 Å². The van der Waals surface area contributed by atoms with Crippen molar-refractivity contribution in [2.24, 2.45) is 0 Å². The van der Waals surface area contributed by atoms with Crippen molar-refractivity contribution < 1.29 is 0 Å². The van der Waals surface area contributed by atoms with Gasteiger partial charge in [0.1, 0.15) is 0 Å². The van der Waals surface area contributed by atoms with Crippen LogP contribution in [0.15, 0.2) is 42.7 Å². The van der Waals surface area contributed by atoms with Crippen LogP contribution in [-0.4, -0.2) is 32.8 Å². The summed E-state index contributed by atoms with van der Waals surface area (Å²) in [5.41, 5.74) is 2.13. The SMILES string of the molecule is c1ccc2[nH]c(N3CCCC(n4cccn4)C3)nc2c1. The summed E-state index contributed by atoms with van der Waals surface area (Å²) >= 11 is 0. The highest BCUT2D eigenvalue weighted by Gasteiger charge is 2.23. The second-order valence-electron chi connectivity index (χ2n) is 5.31. The molecule has 5 heteroatoms. The van der Waals surface area contributed by atoms with Gasteiger partial charge in [0.25, 0.3) is 0 Å². The van der Waals surface area contributed by atoms with Gasteiger partial charge in [0.15, 0.2) is 0 Å². The first-order valence-corrected chi connectivity index (χ1v) is 7.09. The Labute approximate surface area is 117 Å². The van der Waals surface area contributed by atoms with Gasteiger partial charge in [-0.15, -0.1) is 0 Å². The number of aromatic nitrogens is 4. The van der Waals surface area contributed by atoms with Crippen LogP contribution in [0.2, 0.25) is 0 Å². The van der Waals surface area contributed by atoms with Crippen LogP contribution in [0.5, 0.6) is 0 Å². The Kier molecular flexibility index (Phi) is 2.69. The zero-order valence-corrected chi connectivity index (χ0v) is 11.2. The van der Waals surface area contributed by atoms with E-state index in [-0.39, 0.29) is 0 Å². The molecule has 0 bridgehead atoms. The number of hydrogen-bond donors (Lipinski definition) is 1. The van der Waals surface area contributed by atoms with E-state index in [0.29, 0.717) is 6.04 Å². The Morgan fingerprint density at radius 3 is 3.00 bits per heavy atom. The number of hydrogen-bond acceptors (Lipinski definition) is 3. The van der Waals surface area contributed by atoms with Crippen LogP contribution in [0.4, 0.5) is 5.95 Å². The van der Waals surface area contributed by atoms with Crippen LogP contribution in [0.25, 0.3) is 11.0 Å². The van der Waals surface area contributed by atoms with Gasteiger partial charge in [-0.05, 0) is 31.0 Å². The van der Waals surface area contributed by atoms with Gasteiger partial charge in [-0.3, -0.25) is 4.68 Å². The maximum atomic E-state index is 4.69. The van der Waals surface area contributed by atoms with Gasteiger partial charge in [-0.2, -0.15) is 5.10 Å². The maximum Gasteiger partial charge on any atom is 0.203 e. The number of aromatic amines is 1. The second-order valence-corrected chi connectivity index (χ2v) is 5.31. The molecule has 3 heterocycles. The summed E-state index contributed by atoms with van der Waals surface area (Å²) in [6, 6.07) is 10.6. The van der Waals surface area contributed by atoms with Gasteiger partial charge in [0, 0.05) is 25.5 Å². The molecule has 1 aliphatic heterocycles. The maximum absolute atomic E-state index is 4.69. The summed E-state index contributed by atoms with van der Waals surface area (Å²) in [5, 5.41) is 4.37. The Morgan fingerprint density at radius 2 is 2.15 bits per heavy atom. The van der Waals surface area contributed by atoms with Crippen molar-refractivity contribution in [1.29, 1.82) is 0 Å². The fourth-order valence-corrected chi connectivity index (χ4v) is 2.95. The van der Waals surface area contributed by atoms with E-state index in [9.17, 15) is 0 Å². The van der Waals surface area contributed by atoms with Crippen molar-refractivity contribution in [1.82, 2.24) is 19.7 Å². The standard InChI is InChI=1S/C15H17N5/c1-2-7-14-13(6-1)17-15(18-14)19-9-3-5-12(11-19)20-10-4-8-16-20/h1-2,4,6-8,10,12H,3,5,9,11H2,(H,17,18).